The molecule has 1 spiro atoms. The van der Waals surface area contributed by atoms with Crippen molar-refractivity contribution in [3.8, 4) is 5.75 Å². The Kier molecular flexibility index (Phi) is 10.1. The van der Waals surface area contributed by atoms with Crippen molar-refractivity contribution in [3.05, 3.63) is 47.2 Å². The first-order valence-corrected chi connectivity index (χ1v) is 21.1. The van der Waals surface area contributed by atoms with Crippen LogP contribution in [0.15, 0.2) is 30.4 Å². The zero-order chi connectivity index (χ0) is 41.3. The number of carbonyl (C=O) groups excluding carboxylic acids is 4. The topological polar surface area (TPSA) is 173 Å². The van der Waals surface area contributed by atoms with E-state index in [4.69, 9.17) is 9.47 Å². The summed E-state index contributed by atoms with van der Waals surface area (Å²) in [5.41, 5.74) is -3.97. The molecule has 4 amide bonds. The molecule has 57 heavy (non-hydrogen) atoms. The predicted molar refractivity (Wildman–Crippen MR) is 202 cm³/mol. The minimum atomic E-state index is -4.63. The average molecular weight is 818 g/mol. The van der Waals surface area contributed by atoms with Crippen molar-refractivity contribution in [1.82, 2.24) is 25.2 Å². The first-order chi connectivity index (χ1) is 26.6. The molecule has 0 bridgehead atoms. The number of para-hydroxylation sites is 1. The number of hydrogen-bond donors (Lipinski definition) is 3. The lowest BCUT2D eigenvalue weighted by atomic mass is 9.86. The van der Waals surface area contributed by atoms with Crippen LogP contribution in [-0.2, 0) is 41.7 Å². The lowest BCUT2D eigenvalue weighted by Crippen LogP contribution is -2.58. The summed E-state index contributed by atoms with van der Waals surface area (Å²) in [7, 11) is -4.05. The number of allylic oxidation sites excluding steroid dienone is 1. The number of benzene rings is 1. The van der Waals surface area contributed by atoms with Crippen molar-refractivity contribution < 1.29 is 50.2 Å². The number of alkyl halides is 3. The lowest BCUT2D eigenvalue weighted by molar-refractivity contribution is -0.141. The summed E-state index contributed by atoms with van der Waals surface area (Å²) in [5, 5.41) is 5.87. The Bertz CT molecular complexity index is 2150. The summed E-state index contributed by atoms with van der Waals surface area (Å²) in [6.45, 7) is 8.07. The van der Waals surface area contributed by atoms with Gasteiger partial charge in [0.05, 0.1) is 28.1 Å². The van der Waals surface area contributed by atoms with Crippen LogP contribution in [0.2, 0.25) is 0 Å². The van der Waals surface area contributed by atoms with Crippen molar-refractivity contribution in [2.45, 2.75) is 145 Å². The van der Waals surface area contributed by atoms with Crippen molar-refractivity contribution in [1.29, 1.82) is 0 Å². The number of nitrogens with one attached hydrogen (secondary N) is 3. The van der Waals surface area contributed by atoms with E-state index in [0.717, 1.165) is 12.5 Å². The third-order valence-corrected chi connectivity index (χ3v) is 14.2. The number of rotatable bonds is 4. The molecule has 17 heteroatoms. The van der Waals surface area contributed by atoms with Crippen molar-refractivity contribution in [3.63, 3.8) is 0 Å². The molecule has 5 atom stereocenters. The number of nitrogens with zero attached hydrogens (tertiary/aromatic N) is 2. The van der Waals surface area contributed by atoms with Gasteiger partial charge in [-0.25, -0.2) is 18.2 Å². The highest BCUT2D eigenvalue weighted by Gasteiger charge is 2.64. The van der Waals surface area contributed by atoms with Gasteiger partial charge >= 0.3 is 12.3 Å². The van der Waals surface area contributed by atoms with Crippen LogP contribution in [0.4, 0.5) is 18.0 Å². The highest BCUT2D eigenvalue weighted by Crippen LogP contribution is 2.49. The Labute approximate surface area is 329 Å². The van der Waals surface area contributed by atoms with Gasteiger partial charge in [-0.15, -0.1) is 0 Å². The van der Waals surface area contributed by atoms with Gasteiger partial charge in [0.2, 0.25) is 21.8 Å². The molecule has 0 radical (unpaired) electrons. The summed E-state index contributed by atoms with van der Waals surface area (Å²) in [4.78, 5) is 62.0. The normalized spacial score (nSPS) is 28.8. The van der Waals surface area contributed by atoms with Gasteiger partial charge in [0.1, 0.15) is 34.6 Å². The van der Waals surface area contributed by atoms with Crippen LogP contribution in [0.5, 0.6) is 5.75 Å². The van der Waals surface area contributed by atoms with Gasteiger partial charge in [-0.1, -0.05) is 37.1 Å². The van der Waals surface area contributed by atoms with Gasteiger partial charge in [0.25, 0.3) is 5.91 Å². The molecular formula is C40H50F3N5O8S. The van der Waals surface area contributed by atoms with Crippen LogP contribution in [0.1, 0.15) is 109 Å². The van der Waals surface area contributed by atoms with E-state index in [1.54, 1.807) is 40.7 Å². The number of amides is 4. The third kappa shape index (κ3) is 7.92. The van der Waals surface area contributed by atoms with E-state index in [1.165, 1.54) is 11.0 Å². The second-order valence-corrected chi connectivity index (χ2v) is 19.8. The fraction of sp³-hybridized carbons (Fsp3) is 0.625. The number of ether oxygens (including phenoxy) is 2. The molecule has 13 nitrogen and oxygen atoms in total. The molecule has 3 N–H and O–H groups in total. The molecule has 3 aliphatic heterocycles. The Hall–Kier alpha value is -4.41. The molecule has 1 aromatic heterocycles. The second-order valence-electron chi connectivity index (χ2n) is 17.6. The molecule has 310 valence electrons. The van der Waals surface area contributed by atoms with Gasteiger partial charge in [-0.3, -0.25) is 19.1 Å². The lowest BCUT2D eigenvalue weighted by Gasteiger charge is -2.37. The summed E-state index contributed by atoms with van der Waals surface area (Å²) in [6.07, 6.45) is 2.53. The molecule has 2 aromatic rings. The molecule has 1 saturated heterocycles. The SMILES string of the molecule is Cc1nc2c(C(F)(F)F)cccc2c2c1OC1(CC2)CC2C(=O)NC3(C(=O)NS(=O)(=O)C4(C)CC4)CC3C=CCCCCCC(NC(=O)OC(C)(C)C)C(=O)N2C1. The number of pyridine rings is 1. The van der Waals surface area contributed by atoms with E-state index in [-0.39, 0.29) is 55.6 Å². The Morgan fingerprint density at radius 2 is 1.81 bits per heavy atom. The number of aromatic nitrogens is 1. The second kappa shape index (κ2) is 14.2. The number of carbonyl (C=O) groups is 4. The molecule has 4 heterocycles. The van der Waals surface area contributed by atoms with Gasteiger partial charge in [0.15, 0.2) is 0 Å². The third-order valence-electron chi connectivity index (χ3n) is 12.0. The fourth-order valence-electron chi connectivity index (χ4n) is 8.39. The molecule has 5 aliphatic rings. The number of alkyl carbamates (subject to hydrolysis) is 1. The van der Waals surface area contributed by atoms with Crippen LogP contribution in [0.25, 0.3) is 10.9 Å². The first-order valence-electron chi connectivity index (χ1n) is 19.6. The maximum Gasteiger partial charge on any atom is 0.418 e. The minimum absolute atomic E-state index is 0.0577. The van der Waals surface area contributed by atoms with Crippen LogP contribution >= 0.6 is 0 Å². The Morgan fingerprint density at radius 1 is 1.07 bits per heavy atom. The van der Waals surface area contributed by atoms with E-state index in [1.807, 2.05) is 12.2 Å². The summed E-state index contributed by atoms with van der Waals surface area (Å²) in [5.74, 6) is -2.36. The Balaban J connectivity index is 1.25. The zero-order valence-electron chi connectivity index (χ0n) is 32.8. The standard InChI is InChI=1S/C40H50F3N5O8S/c1-23-31-26(25-13-11-14-27(30(25)44-23)40(41,42)43)16-17-38(55-31)21-29-32(49)46-39(34(51)47-57(53,54)37(5)18-19-37)20-24(39)12-9-7-6-8-10-15-28(33(50)48(29)22-38)45-35(52)56-36(2,3)4/h9,11-14,24,28-29H,6-8,10,15-22H2,1-5H3,(H,45,52)(H,46,49)(H,47,51). The van der Waals surface area contributed by atoms with Gasteiger partial charge in [0, 0.05) is 23.3 Å². The van der Waals surface area contributed by atoms with Gasteiger partial charge in [-0.05, 0) is 92.1 Å². The first kappa shape index (κ1) is 40.8. The van der Waals surface area contributed by atoms with E-state index in [2.05, 4.69) is 20.3 Å². The molecular weight excluding hydrogens is 768 g/mol. The quantitative estimate of drug-likeness (QED) is 0.337. The monoisotopic (exact) mass is 817 g/mol. The Morgan fingerprint density at radius 3 is 2.49 bits per heavy atom. The van der Waals surface area contributed by atoms with Crippen molar-refractivity contribution in [2.75, 3.05) is 6.54 Å². The van der Waals surface area contributed by atoms with Crippen LogP contribution in [-0.4, -0.2) is 82.2 Å². The maximum absolute atomic E-state index is 14.7. The number of fused-ring (bicyclic) bond motifs is 5. The zero-order valence-corrected chi connectivity index (χ0v) is 33.6. The van der Waals surface area contributed by atoms with Crippen molar-refractivity contribution >= 4 is 44.7 Å². The number of hydrogen-bond acceptors (Lipinski definition) is 9. The van der Waals surface area contributed by atoms with E-state index in [9.17, 15) is 40.8 Å². The highest BCUT2D eigenvalue weighted by molar-refractivity contribution is 7.91. The molecule has 7 rings (SSSR count). The smallest absolute Gasteiger partial charge is 0.418 e. The molecule has 3 fully saturated rings. The summed E-state index contributed by atoms with van der Waals surface area (Å²) in [6, 6.07) is 1.54. The van der Waals surface area contributed by atoms with Crippen LogP contribution in [0, 0.1) is 12.8 Å². The van der Waals surface area contributed by atoms with Crippen LogP contribution < -0.4 is 20.1 Å². The fourth-order valence-corrected chi connectivity index (χ4v) is 9.70. The average Bonchev–Trinajstić information content (AvgIpc) is 4.00. The van der Waals surface area contributed by atoms with Gasteiger partial charge < -0.3 is 25.0 Å². The minimum Gasteiger partial charge on any atom is -0.483 e. The van der Waals surface area contributed by atoms with Crippen LogP contribution in [0.3, 0.4) is 0 Å². The molecule has 5 unspecified atom stereocenters. The van der Waals surface area contributed by atoms with E-state index < -0.39 is 85.1 Å². The van der Waals surface area contributed by atoms with Crippen molar-refractivity contribution in [2.24, 2.45) is 5.92 Å². The largest absolute Gasteiger partial charge is 0.483 e. The maximum atomic E-state index is 14.7. The number of halogens is 3. The predicted octanol–water partition coefficient (Wildman–Crippen LogP) is 5.51. The molecule has 1 aromatic carbocycles. The van der Waals surface area contributed by atoms with E-state index >= 15 is 0 Å². The van der Waals surface area contributed by atoms with E-state index in [0.29, 0.717) is 43.1 Å². The van der Waals surface area contributed by atoms with Gasteiger partial charge in [-0.2, -0.15) is 13.2 Å². The molecule has 2 saturated carbocycles. The number of aryl methyl sites for hydroxylation is 2. The summed E-state index contributed by atoms with van der Waals surface area (Å²) >= 11 is 0. The highest BCUT2D eigenvalue weighted by atomic mass is 32.2. The summed E-state index contributed by atoms with van der Waals surface area (Å²) < 4.78 is 81.7. The number of sulfonamides is 1. The molecule has 2 aliphatic carbocycles.